The summed E-state index contributed by atoms with van der Waals surface area (Å²) in [4.78, 5) is 1.50. The van der Waals surface area contributed by atoms with Gasteiger partial charge in [-0.2, -0.15) is 0 Å². The van der Waals surface area contributed by atoms with Crippen LogP contribution in [0.2, 0.25) is 0 Å². The highest BCUT2D eigenvalue weighted by Crippen LogP contribution is 2.33. The van der Waals surface area contributed by atoms with Gasteiger partial charge in [0, 0.05) is 17.5 Å². The molecule has 1 aromatic heterocycles. The molecule has 1 N–H and O–H groups in total. The molecule has 0 aliphatic heterocycles. The highest BCUT2D eigenvalue weighted by Gasteiger charge is 2.30. The van der Waals surface area contributed by atoms with Crippen molar-refractivity contribution in [1.82, 2.24) is 5.32 Å². The molecule has 0 bridgehead atoms. The van der Waals surface area contributed by atoms with E-state index in [-0.39, 0.29) is 0 Å². The second-order valence-corrected chi connectivity index (χ2v) is 5.99. The minimum absolute atomic E-state index is 0.803. The molecule has 0 atom stereocenters. The lowest BCUT2D eigenvalue weighted by molar-refractivity contribution is 0.169. The van der Waals surface area contributed by atoms with E-state index in [4.69, 9.17) is 0 Å². The van der Waals surface area contributed by atoms with Gasteiger partial charge in [0.25, 0.3) is 0 Å². The first-order valence-electron chi connectivity index (χ1n) is 6.01. The molecule has 1 aliphatic rings. The van der Waals surface area contributed by atoms with Crippen LogP contribution in [0.25, 0.3) is 0 Å². The Morgan fingerprint density at radius 1 is 1.47 bits per heavy atom. The minimum Gasteiger partial charge on any atom is -0.314 e. The Bertz CT molecular complexity index is 273. The Morgan fingerprint density at radius 2 is 2.27 bits per heavy atom. The number of thiophene rings is 1. The molecule has 0 spiro atoms. The molecule has 1 heterocycles. The molecule has 15 heavy (non-hydrogen) atoms. The lowest BCUT2D eigenvalue weighted by Crippen LogP contribution is -2.43. The fraction of sp³-hybridized carbons (Fsp3) is 0.692. The van der Waals surface area contributed by atoms with Gasteiger partial charge in [-0.3, -0.25) is 0 Å². The summed E-state index contributed by atoms with van der Waals surface area (Å²) in [6.07, 6.45) is 3.98. The maximum Gasteiger partial charge on any atom is 0.00726 e. The van der Waals surface area contributed by atoms with Crippen LogP contribution < -0.4 is 5.32 Å². The predicted molar refractivity (Wildman–Crippen MR) is 67.4 cm³/mol. The van der Waals surface area contributed by atoms with Crippen molar-refractivity contribution in [3.63, 3.8) is 0 Å². The zero-order valence-corrected chi connectivity index (χ0v) is 10.5. The summed E-state index contributed by atoms with van der Waals surface area (Å²) in [6, 6.07) is 5.17. The molecule has 0 radical (unpaired) electrons. The van der Waals surface area contributed by atoms with Crippen LogP contribution in [-0.4, -0.2) is 12.6 Å². The van der Waals surface area contributed by atoms with E-state index in [0.717, 1.165) is 24.4 Å². The standard InChI is InChI=1S/C13H21NS/c1-10(2)11-8-12(9-11)14-6-5-13-4-3-7-15-13/h3-4,7,10-12,14H,5-6,8-9H2,1-2H3. The topological polar surface area (TPSA) is 12.0 Å². The van der Waals surface area contributed by atoms with E-state index in [2.05, 4.69) is 36.7 Å². The molecule has 0 unspecified atom stereocenters. The van der Waals surface area contributed by atoms with Gasteiger partial charge in [-0.1, -0.05) is 19.9 Å². The molecule has 0 saturated heterocycles. The second-order valence-electron chi connectivity index (χ2n) is 4.96. The third-order valence-electron chi connectivity index (χ3n) is 3.50. The van der Waals surface area contributed by atoms with E-state index in [9.17, 15) is 0 Å². The van der Waals surface area contributed by atoms with Crippen molar-refractivity contribution in [1.29, 1.82) is 0 Å². The molecule has 1 saturated carbocycles. The summed E-state index contributed by atoms with van der Waals surface area (Å²) >= 11 is 1.87. The molecular formula is C13H21NS. The third kappa shape index (κ3) is 3.05. The van der Waals surface area contributed by atoms with Gasteiger partial charge >= 0.3 is 0 Å². The molecule has 0 amide bonds. The van der Waals surface area contributed by atoms with Gasteiger partial charge in [-0.25, -0.2) is 0 Å². The second kappa shape index (κ2) is 5.13. The molecule has 0 aromatic carbocycles. The van der Waals surface area contributed by atoms with Crippen molar-refractivity contribution in [2.45, 2.75) is 39.2 Å². The smallest absolute Gasteiger partial charge is 0.00726 e. The van der Waals surface area contributed by atoms with Crippen LogP contribution >= 0.6 is 11.3 Å². The van der Waals surface area contributed by atoms with Crippen molar-refractivity contribution in [3.8, 4) is 0 Å². The first-order chi connectivity index (χ1) is 7.25. The van der Waals surface area contributed by atoms with Gasteiger partial charge in [-0.15, -0.1) is 11.3 Å². The van der Waals surface area contributed by atoms with Crippen LogP contribution in [0, 0.1) is 11.8 Å². The van der Waals surface area contributed by atoms with E-state index in [0.29, 0.717) is 0 Å². The summed E-state index contributed by atoms with van der Waals surface area (Å²) in [5.74, 6) is 1.85. The zero-order valence-electron chi connectivity index (χ0n) is 9.70. The van der Waals surface area contributed by atoms with Gasteiger partial charge < -0.3 is 5.32 Å². The Labute approximate surface area is 96.9 Å². The maximum absolute atomic E-state index is 3.65. The minimum atomic E-state index is 0.803. The lowest BCUT2D eigenvalue weighted by Gasteiger charge is -2.38. The fourth-order valence-corrected chi connectivity index (χ4v) is 2.94. The van der Waals surface area contributed by atoms with Crippen LogP contribution in [0.3, 0.4) is 0 Å². The molecule has 2 heteroatoms. The highest BCUT2D eigenvalue weighted by molar-refractivity contribution is 7.09. The zero-order chi connectivity index (χ0) is 10.7. The molecule has 2 rings (SSSR count). The fourth-order valence-electron chi connectivity index (χ4n) is 2.23. The summed E-state index contributed by atoms with van der Waals surface area (Å²) in [6.45, 7) is 5.83. The van der Waals surface area contributed by atoms with Crippen LogP contribution in [0.15, 0.2) is 17.5 Å². The average molecular weight is 223 g/mol. The lowest BCUT2D eigenvalue weighted by atomic mass is 9.74. The molecule has 1 nitrogen and oxygen atoms in total. The van der Waals surface area contributed by atoms with E-state index in [1.165, 1.54) is 24.1 Å². The third-order valence-corrected chi connectivity index (χ3v) is 4.44. The van der Waals surface area contributed by atoms with Gasteiger partial charge in [0.15, 0.2) is 0 Å². The molecule has 1 aliphatic carbocycles. The first kappa shape index (κ1) is 11.2. The van der Waals surface area contributed by atoms with E-state index < -0.39 is 0 Å². The number of nitrogens with one attached hydrogen (secondary N) is 1. The van der Waals surface area contributed by atoms with Crippen molar-refractivity contribution in [3.05, 3.63) is 22.4 Å². The van der Waals surface area contributed by atoms with Crippen LogP contribution in [-0.2, 0) is 6.42 Å². The summed E-state index contributed by atoms with van der Waals surface area (Å²) in [5, 5.41) is 5.81. The number of hydrogen-bond acceptors (Lipinski definition) is 2. The van der Waals surface area contributed by atoms with E-state index in [1.807, 2.05) is 11.3 Å². The quantitative estimate of drug-likeness (QED) is 0.807. The van der Waals surface area contributed by atoms with Crippen molar-refractivity contribution >= 4 is 11.3 Å². The normalized spacial score (nSPS) is 25.5. The molecule has 1 fully saturated rings. The van der Waals surface area contributed by atoms with E-state index in [1.54, 1.807) is 0 Å². The number of hydrogen-bond donors (Lipinski definition) is 1. The van der Waals surface area contributed by atoms with Gasteiger partial charge in [0.1, 0.15) is 0 Å². The van der Waals surface area contributed by atoms with Crippen LogP contribution in [0.1, 0.15) is 31.6 Å². The average Bonchev–Trinajstić information content (AvgIpc) is 2.60. The van der Waals surface area contributed by atoms with Crippen LogP contribution in [0.5, 0.6) is 0 Å². The summed E-state index contributed by atoms with van der Waals surface area (Å²) in [7, 11) is 0. The molecule has 1 aromatic rings. The number of rotatable bonds is 5. The molecule has 84 valence electrons. The summed E-state index contributed by atoms with van der Waals surface area (Å²) in [5.41, 5.74) is 0. The van der Waals surface area contributed by atoms with Crippen LogP contribution in [0.4, 0.5) is 0 Å². The first-order valence-corrected chi connectivity index (χ1v) is 6.89. The van der Waals surface area contributed by atoms with Gasteiger partial charge in [0.05, 0.1) is 0 Å². The largest absolute Gasteiger partial charge is 0.314 e. The van der Waals surface area contributed by atoms with Gasteiger partial charge in [0.2, 0.25) is 0 Å². The Hall–Kier alpha value is -0.340. The summed E-state index contributed by atoms with van der Waals surface area (Å²) < 4.78 is 0. The SMILES string of the molecule is CC(C)C1CC(NCCc2cccs2)C1. The molecular weight excluding hydrogens is 202 g/mol. The highest BCUT2D eigenvalue weighted by atomic mass is 32.1. The Morgan fingerprint density at radius 3 is 2.87 bits per heavy atom. The van der Waals surface area contributed by atoms with Gasteiger partial charge in [-0.05, 0) is 42.5 Å². The van der Waals surface area contributed by atoms with Crippen molar-refractivity contribution in [2.75, 3.05) is 6.54 Å². The Balaban J connectivity index is 1.57. The Kier molecular flexibility index (Phi) is 3.81. The van der Waals surface area contributed by atoms with Crippen molar-refractivity contribution < 1.29 is 0 Å². The maximum atomic E-state index is 3.65. The van der Waals surface area contributed by atoms with E-state index >= 15 is 0 Å². The predicted octanol–water partition coefficient (Wildman–Crippen LogP) is 3.31. The van der Waals surface area contributed by atoms with Crippen molar-refractivity contribution in [2.24, 2.45) is 11.8 Å². The monoisotopic (exact) mass is 223 g/mol.